The number of aromatic hydroxyl groups is 1. The molecule has 11 heteroatoms. The van der Waals surface area contributed by atoms with E-state index in [4.69, 9.17) is 14.3 Å². The van der Waals surface area contributed by atoms with Crippen LogP contribution in [0.5, 0.6) is 5.75 Å². The Morgan fingerprint density at radius 3 is 2.30 bits per heavy atom. The molecule has 11 nitrogen and oxygen atoms in total. The van der Waals surface area contributed by atoms with Crippen LogP contribution in [-0.4, -0.2) is 60.2 Å². The predicted octanol–water partition coefficient (Wildman–Crippen LogP) is 6.48. The zero-order chi connectivity index (χ0) is 35.6. The number of hydrogen-bond acceptors (Lipinski definition) is 9. The van der Waals surface area contributed by atoms with Crippen molar-refractivity contribution in [3.63, 3.8) is 0 Å². The Morgan fingerprint density at radius 1 is 0.800 bits per heavy atom. The van der Waals surface area contributed by atoms with Crippen LogP contribution < -0.4 is 15.7 Å². The number of phenols is 1. The molecule has 2 amide bonds. The number of hydrogen-bond donors (Lipinski definition) is 5. The molecule has 5 N–H and O–H groups in total. The number of ether oxygens (including phenoxy) is 2. The highest BCUT2D eigenvalue weighted by Crippen LogP contribution is 2.25. The summed E-state index contributed by atoms with van der Waals surface area (Å²) in [5, 5.41) is 36.3. The fourth-order valence-electron chi connectivity index (χ4n) is 5.19. The molecule has 0 radical (unpaired) electrons. The highest BCUT2D eigenvalue weighted by atomic mass is 16.7. The highest BCUT2D eigenvalue weighted by Gasteiger charge is 2.20. The van der Waals surface area contributed by atoms with E-state index in [1.54, 1.807) is 36.4 Å². The molecule has 4 rings (SSSR count). The molecule has 0 aliphatic heterocycles. The van der Waals surface area contributed by atoms with Gasteiger partial charge >= 0.3 is 12.0 Å². The number of nitrogens with one attached hydrogen (secondary N) is 2. The standard InChI is InChI=1S/C39H47N3O8/c1-29(44)50-42(36-17-14-32(15-18-36)31-11-5-4-6-12-31)39(47)41-35-13-9-10-30(24-35)28-49-23-22-48-21-8-3-2-7-20-40-26-38(46)33-16-19-37(45)34(25-33)27-43/h4-6,9-19,24-25,38,40,43,45-46H,2-3,7-8,20-23,26-28H2,1H3,(H,41,47)/t38-/m0/s1. The van der Waals surface area contributed by atoms with Gasteiger partial charge in [0.2, 0.25) is 0 Å². The van der Waals surface area contributed by atoms with Crippen LogP contribution in [0, 0.1) is 0 Å². The number of nitrogens with zero attached hydrogens (tertiary/aromatic N) is 1. The van der Waals surface area contributed by atoms with Crippen molar-refractivity contribution in [1.82, 2.24) is 5.32 Å². The zero-order valence-electron chi connectivity index (χ0n) is 28.4. The Morgan fingerprint density at radius 2 is 1.54 bits per heavy atom. The van der Waals surface area contributed by atoms with Crippen molar-refractivity contribution in [2.75, 3.05) is 43.3 Å². The SMILES string of the molecule is CC(=O)ON(C(=O)Nc1cccc(COCCOCCCCCCNC[C@H](O)c2ccc(O)c(CO)c2)c1)c1ccc(-c2ccccc2)cc1. The largest absolute Gasteiger partial charge is 0.508 e. The summed E-state index contributed by atoms with van der Waals surface area (Å²) in [7, 11) is 0. The van der Waals surface area contributed by atoms with E-state index in [1.807, 2.05) is 54.6 Å². The number of anilines is 2. The maximum absolute atomic E-state index is 13.2. The lowest BCUT2D eigenvalue weighted by atomic mass is 10.1. The molecule has 0 aromatic heterocycles. The summed E-state index contributed by atoms with van der Waals surface area (Å²) in [6.07, 6.45) is 3.30. The number of hydroxylamine groups is 1. The van der Waals surface area contributed by atoms with Crippen molar-refractivity contribution in [1.29, 1.82) is 0 Å². The minimum Gasteiger partial charge on any atom is -0.508 e. The monoisotopic (exact) mass is 685 g/mol. The van der Waals surface area contributed by atoms with Crippen LogP contribution in [0.2, 0.25) is 0 Å². The van der Waals surface area contributed by atoms with Crippen molar-refractivity contribution in [3.05, 3.63) is 114 Å². The number of benzene rings is 4. The molecule has 0 saturated heterocycles. The summed E-state index contributed by atoms with van der Waals surface area (Å²) in [6, 6.07) is 28.4. The molecule has 0 aliphatic carbocycles. The molecule has 0 fully saturated rings. The molecule has 0 unspecified atom stereocenters. The van der Waals surface area contributed by atoms with E-state index in [9.17, 15) is 24.9 Å². The van der Waals surface area contributed by atoms with Gasteiger partial charge in [0.1, 0.15) is 5.75 Å². The highest BCUT2D eigenvalue weighted by molar-refractivity contribution is 6.01. The molecule has 0 bridgehead atoms. The summed E-state index contributed by atoms with van der Waals surface area (Å²) in [6.45, 7) is 4.06. The molecule has 50 heavy (non-hydrogen) atoms. The lowest BCUT2D eigenvalue weighted by Crippen LogP contribution is -2.36. The van der Waals surface area contributed by atoms with Crippen molar-refractivity contribution < 1.29 is 39.2 Å². The zero-order valence-corrected chi connectivity index (χ0v) is 28.4. The molecule has 4 aromatic carbocycles. The topological polar surface area (TPSA) is 150 Å². The second-order valence-corrected chi connectivity index (χ2v) is 11.8. The van der Waals surface area contributed by atoms with Gasteiger partial charge in [-0.1, -0.05) is 73.5 Å². The third-order valence-corrected chi connectivity index (χ3v) is 7.82. The van der Waals surface area contributed by atoms with E-state index in [1.165, 1.54) is 13.0 Å². The van der Waals surface area contributed by atoms with E-state index in [0.29, 0.717) is 55.5 Å². The van der Waals surface area contributed by atoms with E-state index in [2.05, 4.69) is 10.6 Å². The molecule has 4 aromatic rings. The summed E-state index contributed by atoms with van der Waals surface area (Å²) in [4.78, 5) is 30.2. The average molecular weight is 686 g/mol. The summed E-state index contributed by atoms with van der Waals surface area (Å²) >= 11 is 0. The van der Waals surface area contributed by atoms with Gasteiger partial charge in [0.25, 0.3) is 0 Å². The average Bonchev–Trinajstić information content (AvgIpc) is 3.13. The summed E-state index contributed by atoms with van der Waals surface area (Å²) in [5.74, 6) is -0.600. The van der Waals surface area contributed by atoms with E-state index in [-0.39, 0.29) is 12.4 Å². The molecule has 266 valence electrons. The number of urea groups is 1. The van der Waals surface area contributed by atoms with Crippen LogP contribution in [0.1, 0.15) is 55.4 Å². The molecule has 1 atom stereocenters. The smallest absolute Gasteiger partial charge is 0.359 e. The summed E-state index contributed by atoms with van der Waals surface area (Å²) < 4.78 is 11.5. The normalized spacial score (nSPS) is 11.6. The number of unbranched alkanes of at least 4 members (excludes halogenated alkanes) is 3. The van der Waals surface area contributed by atoms with E-state index >= 15 is 0 Å². The number of carbonyl (C=O) groups is 2. The van der Waals surface area contributed by atoms with Crippen LogP contribution in [0.25, 0.3) is 11.1 Å². The van der Waals surface area contributed by atoms with Gasteiger partial charge in [0.15, 0.2) is 0 Å². The predicted molar refractivity (Wildman–Crippen MR) is 192 cm³/mol. The van der Waals surface area contributed by atoms with Gasteiger partial charge in [-0.15, -0.1) is 5.06 Å². The molecule has 0 spiro atoms. The Bertz CT molecular complexity index is 1620. The first-order valence-corrected chi connectivity index (χ1v) is 16.8. The number of amides is 2. The first-order chi connectivity index (χ1) is 24.3. The van der Waals surface area contributed by atoms with Gasteiger partial charge in [0, 0.05) is 31.3 Å². The lowest BCUT2D eigenvalue weighted by molar-refractivity contribution is -0.141. The molecular formula is C39H47N3O8. The third kappa shape index (κ3) is 12.6. The van der Waals surface area contributed by atoms with Crippen molar-refractivity contribution in [3.8, 4) is 16.9 Å². The van der Waals surface area contributed by atoms with Gasteiger partial charge in [-0.2, -0.15) is 0 Å². The number of aliphatic hydroxyl groups excluding tert-OH is 2. The second-order valence-electron chi connectivity index (χ2n) is 11.8. The van der Waals surface area contributed by atoms with Gasteiger partial charge in [-0.05, 0) is 78.0 Å². The lowest BCUT2D eigenvalue weighted by Gasteiger charge is -2.21. The molecule has 0 saturated carbocycles. The quantitative estimate of drug-likeness (QED) is 0.0552. The Hall–Kier alpha value is -4.78. The van der Waals surface area contributed by atoms with Crippen molar-refractivity contribution >= 4 is 23.4 Å². The van der Waals surface area contributed by atoms with E-state index < -0.39 is 18.1 Å². The first kappa shape index (κ1) is 38.0. The minimum absolute atomic E-state index is 0.0212. The van der Waals surface area contributed by atoms with Gasteiger partial charge < -0.3 is 40.3 Å². The van der Waals surface area contributed by atoms with E-state index in [0.717, 1.165) is 54.0 Å². The second kappa shape index (κ2) is 20.7. The molecule has 0 heterocycles. The van der Waals surface area contributed by atoms with Gasteiger partial charge in [0.05, 0.1) is 38.2 Å². The van der Waals surface area contributed by atoms with Crippen LogP contribution >= 0.6 is 0 Å². The Balaban J connectivity index is 1.08. The maximum Gasteiger partial charge on any atom is 0.359 e. The molecular weight excluding hydrogens is 638 g/mol. The fraction of sp³-hybridized carbons (Fsp3) is 0.333. The van der Waals surface area contributed by atoms with Gasteiger partial charge in [-0.3, -0.25) is 0 Å². The minimum atomic E-state index is -0.707. The van der Waals surface area contributed by atoms with Crippen LogP contribution in [-0.2, 0) is 32.3 Å². The number of aliphatic hydroxyl groups is 2. The maximum atomic E-state index is 13.2. The number of rotatable bonds is 19. The third-order valence-electron chi connectivity index (χ3n) is 7.82. The van der Waals surface area contributed by atoms with Crippen molar-refractivity contribution in [2.45, 2.75) is 51.9 Å². The van der Waals surface area contributed by atoms with Crippen LogP contribution in [0.3, 0.4) is 0 Å². The van der Waals surface area contributed by atoms with Crippen molar-refractivity contribution in [2.24, 2.45) is 0 Å². The number of carbonyl (C=O) groups excluding carboxylic acids is 2. The Labute approximate surface area is 293 Å². The van der Waals surface area contributed by atoms with Crippen LogP contribution in [0.15, 0.2) is 97.1 Å². The summed E-state index contributed by atoms with van der Waals surface area (Å²) in [5.41, 5.74) is 4.87. The first-order valence-electron chi connectivity index (χ1n) is 16.8. The fourth-order valence-corrected chi connectivity index (χ4v) is 5.19. The molecule has 0 aliphatic rings. The Kier molecular flexibility index (Phi) is 15.7. The van der Waals surface area contributed by atoms with Crippen LogP contribution in [0.4, 0.5) is 16.2 Å². The van der Waals surface area contributed by atoms with Gasteiger partial charge in [-0.25, -0.2) is 9.59 Å².